The minimum Gasteiger partial charge on any atom is -0.480 e. The van der Waals surface area contributed by atoms with Gasteiger partial charge >= 0.3 is 5.97 Å². The van der Waals surface area contributed by atoms with Crippen LogP contribution in [0, 0.1) is 10.1 Å². The van der Waals surface area contributed by atoms with Crippen LogP contribution in [0.25, 0.3) is 0 Å². The topological polar surface area (TPSA) is 83.7 Å². The number of carboxylic acids is 1. The summed E-state index contributed by atoms with van der Waals surface area (Å²) < 4.78 is 0. The quantitative estimate of drug-likeness (QED) is 0.653. The maximum Gasteiger partial charge on any atom is 0.323 e. The molecule has 0 saturated carbocycles. The van der Waals surface area contributed by atoms with Crippen LogP contribution in [0.5, 0.6) is 0 Å². The molecule has 6 heteroatoms. The van der Waals surface area contributed by atoms with Crippen LogP contribution in [-0.4, -0.2) is 33.5 Å². The highest BCUT2D eigenvalue weighted by atomic mass is 16.6. The molecule has 0 aliphatic heterocycles. The Kier molecular flexibility index (Phi) is 4.26. The summed E-state index contributed by atoms with van der Waals surface area (Å²) in [6, 6.07) is 5.99. The fourth-order valence-corrected chi connectivity index (χ4v) is 1.73. The number of non-ortho nitro benzene ring substituents is 1. The number of aliphatic carboxylic acids is 1. The zero-order valence-corrected chi connectivity index (χ0v) is 11.5. The van der Waals surface area contributed by atoms with Gasteiger partial charge in [-0.25, -0.2) is 0 Å². The lowest BCUT2D eigenvalue weighted by Crippen LogP contribution is -2.48. The van der Waals surface area contributed by atoms with E-state index in [1.165, 1.54) is 12.1 Å². The summed E-state index contributed by atoms with van der Waals surface area (Å²) in [5.74, 6) is -0.913. The average molecular weight is 266 g/mol. The van der Waals surface area contributed by atoms with Crippen LogP contribution in [0.2, 0.25) is 0 Å². The molecule has 0 aromatic heterocycles. The molecule has 19 heavy (non-hydrogen) atoms. The number of nitrogens with zero attached hydrogens (tertiary/aromatic N) is 2. The van der Waals surface area contributed by atoms with Crippen molar-refractivity contribution >= 4 is 11.7 Å². The van der Waals surface area contributed by atoms with E-state index in [0.717, 1.165) is 5.56 Å². The third-order valence-corrected chi connectivity index (χ3v) is 3.57. The van der Waals surface area contributed by atoms with Crippen LogP contribution >= 0.6 is 0 Å². The van der Waals surface area contributed by atoms with E-state index in [4.69, 9.17) is 0 Å². The van der Waals surface area contributed by atoms with Crippen LogP contribution in [-0.2, 0) is 4.79 Å². The summed E-state index contributed by atoms with van der Waals surface area (Å²) in [4.78, 5) is 23.1. The molecule has 0 bridgehead atoms. The Bertz CT molecular complexity index is 482. The van der Waals surface area contributed by atoms with Gasteiger partial charge in [0.1, 0.15) is 5.54 Å². The average Bonchev–Trinajstić information content (AvgIpc) is 2.36. The Hall–Kier alpha value is -1.95. The Morgan fingerprint density at radius 3 is 2.21 bits per heavy atom. The Morgan fingerprint density at radius 1 is 1.37 bits per heavy atom. The van der Waals surface area contributed by atoms with E-state index in [-0.39, 0.29) is 11.7 Å². The second-order valence-electron chi connectivity index (χ2n) is 5.00. The third-order valence-electron chi connectivity index (χ3n) is 3.57. The Morgan fingerprint density at radius 2 is 1.84 bits per heavy atom. The van der Waals surface area contributed by atoms with Crippen LogP contribution in [0.15, 0.2) is 24.3 Å². The van der Waals surface area contributed by atoms with Crippen molar-refractivity contribution in [2.75, 3.05) is 7.05 Å². The normalized spacial score (nSPS) is 13.3. The minimum absolute atomic E-state index is 0.0242. The summed E-state index contributed by atoms with van der Waals surface area (Å²) in [5.41, 5.74) is -0.153. The summed E-state index contributed by atoms with van der Waals surface area (Å²) in [6.07, 6.45) is 0. The zero-order valence-electron chi connectivity index (χ0n) is 11.5. The fourth-order valence-electron chi connectivity index (χ4n) is 1.73. The van der Waals surface area contributed by atoms with E-state index >= 15 is 0 Å². The standard InChI is InChI=1S/C13H18N2O4/c1-9(14(4)13(2,3)12(16)17)10-5-7-11(8-6-10)15(18)19/h5-9H,1-4H3,(H,16,17). The van der Waals surface area contributed by atoms with Crippen LogP contribution in [0.1, 0.15) is 32.4 Å². The minimum atomic E-state index is -1.01. The molecular formula is C13H18N2O4. The first-order chi connectivity index (χ1) is 8.67. The predicted molar refractivity (Wildman–Crippen MR) is 71.0 cm³/mol. The molecule has 0 aliphatic carbocycles. The van der Waals surface area contributed by atoms with Crippen molar-refractivity contribution in [2.24, 2.45) is 0 Å². The lowest BCUT2D eigenvalue weighted by Gasteiger charge is -2.36. The Labute approximate surface area is 111 Å². The number of hydrogen-bond acceptors (Lipinski definition) is 4. The van der Waals surface area contributed by atoms with Gasteiger partial charge in [-0.05, 0) is 33.4 Å². The molecule has 1 atom stereocenters. The molecule has 1 rings (SSSR count). The predicted octanol–water partition coefficient (Wildman–Crippen LogP) is 2.45. The molecule has 6 nitrogen and oxygen atoms in total. The van der Waals surface area contributed by atoms with Crippen molar-refractivity contribution in [1.82, 2.24) is 4.90 Å². The molecule has 0 radical (unpaired) electrons. The van der Waals surface area contributed by atoms with Crippen LogP contribution in [0.4, 0.5) is 5.69 Å². The molecule has 104 valence electrons. The van der Waals surface area contributed by atoms with Gasteiger partial charge in [0.25, 0.3) is 5.69 Å². The highest BCUT2D eigenvalue weighted by Gasteiger charge is 2.35. The van der Waals surface area contributed by atoms with E-state index in [1.54, 1.807) is 37.9 Å². The van der Waals surface area contributed by atoms with Gasteiger partial charge in [0.15, 0.2) is 0 Å². The Balaban J connectivity index is 2.97. The summed E-state index contributed by atoms with van der Waals surface area (Å²) >= 11 is 0. The number of rotatable bonds is 5. The monoisotopic (exact) mass is 266 g/mol. The van der Waals surface area contributed by atoms with Gasteiger partial charge in [-0.3, -0.25) is 19.8 Å². The SMILES string of the molecule is CC(c1ccc([N+](=O)[O-])cc1)N(C)C(C)(C)C(=O)O. The van der Waals surface area contributed by atoms with Crippen molar-refractivity contribution in [1.29, 1.82) is 0 Å². The van der Waals surface area contributed by atoms with Gasteiger partial charge in [0, 0.05) is 18.2 Å². The number of hydrogen-bond donors (Lipinski definition) is 1. The highest BCUT2D eigenvalue weighted by Crippen LogP contribution is 2.27. The molecule has 1 aromatic carbocycles. The fraction of sp³-hybridized carbons (Fsp3) is 0.462. The smallest absolute Gasteiger partial charge is 0.323 e. The number of carbonyl (C=O) groups is 1. The van der Waals surface area contributed by atoms with Crippen molar-refractivity contribution < 1.29 is 14.8 Å². The molecule has 1 unspecified atom stereocenters. The van der Waals surface area contributed by atoms with Gasteiger partial charge in [-0.2, -0.15) is 0 Å². The first kappa shape index (κ1) is 15.1. The van der Waals surface area contributed by atoms with Gasteiger partial charge in [0.2, 0.25) is 0 Å². The molecule has 0 aliphatic rings. The van der Waals surface area contributed by atoms with Gasteiger partial charge < -0.3 is 5.11 Å². The maximum atomic E-state index is 11.2. The number of carboxylic acid groups (broad SMARTS) is 1. The molecular weight excluding hydrogens is 248 g/mol. The van der Waals surface area contributed by atoms with Gasteiger partial charge in [-0.1, -0.05) is 12.1 Å². The first-order valence-corrected chi connectivity index (χ1v) is 5.88. The molecule has 1 N–H and O–H groups in total. The lowest BCUT2D eigenvalue weighted by atomic mass is 9.98. The van der Waals surface area contributed by atoms with Gasteiger partial charge in [-0.15, -0.1) is 0 Å². The second kappa shape index (κ2) is 5.36. The van der Waals surface area contributed by atoms with Crippen molar-refractivity contribution in [3.63, 3.8) is 0 Å². The zero-order chi connectivity index (χ0) is 14.8. The maximum absolute atomic E-state index is 11.2. The largest absolute Gasteiger partial charge is 0.480 e. The van der Waals surface area contributed by atoms with E-state index in [1.807, 2.05) is 6.92 Å². The van der Waals surface area contributed by atoms with E-state index in [0.29, 0.717) is 0 Å². The van der Waals surface area contributed by atoms with E-state index in [9.17, 15) is 20.0 Å². The first-order valence-electron chi connectivity index (χ1n) is 5.88. The van der Waals surface area contributed by atoms with E-state index in [2.05, 4.69) is 0 Å². The highest BCUT2D eigenvalue weighted by molar-refractivity contribution is 5.77. The number of benzene rings is 1. The van der Waals surface area contributed by atoms with Gasteiger partial charge in [0.05, 0.1) is 4.92 Å². The molecule has 0 saturated heterocycles. The van der Waals surface area contributed by atoms with Crippen LogP contribution in [0.3, 0.4) is 0 Å². The number of likely N-dealkylation sites (N-methyl/N-ethyl adjacent to an activating group) is 1. The lowest BCUT2D eigenvalue weighted by molar-refractivity contribution is -0.384. The second-order valence-corrected chi connectivity index (χ2v) is 5.00. The molecule has 0 amide bonds. The number of nitro groups is 1. The van der Waals surface area contributed by atoms with E-state index < -0.39 is 16.4 Å². The third kappa shape index (κ3) is 3.08. The summed E-state index contributed by atoms with van der Waals surface area (Å²) in [5, 5.41) is 19.8. The summed E-state index contributed by atoms with van der Waals surface area (Å²) in [7, 11) is 1.72. The summed E-state index contributed by atoms with van der Waals surface area (Å²) in [6.45, 7) is 5.11. The van der Waals surface area contributed by atoms with Crippen molar-refractivity contribution in [2.45, 2.75) is 32.4 Å². The molecule has 1 aromatic rings. The molecule has 0 spiro atoms. The van der Waals surface area contributed by atoms with Crippen molar-refractivity contribution in [3.05, 3.63) is 39.9 Å². The molecule has 0 heterocycles. The van der Waals surface area contributed by atoms with Crippen LogP contribution < -0.4 is 0 Å². The molecule has 0 fully saturated rings. The number of nitro benzene ring substituents is 1. The van der Waals surface area contributed by atoms with Crippen molar-refractivity contribution in [3.8, 4) is 0 Å².